The molecule has 0 saturated heterocycles. The van der Waals surface area contributed by atoms with Gasteiger partial charge in [0.2, 0.25) is 5.91 Å². The average molecular weight is 351 g/mol. The van der Waals surface area contributed by atoms with Crippen LogP contribution in [0.5, 0.6) is 0 Å². The van der Waals surface area contributed by atoms with Crippen LogP contribution < -0.4 is 0 Å². The van der Waals surface area contributed by atoms with Gasteiger partial charge in [-0.2, -0.15) is 0 Å². The van der Waals surface area contributed by atoms with Gasteiger partial charge in [0, 0.05) is 17.6 Å². The van der Waals surface area contributed by atoms with Crippen molar-refractivity contribution in [3.63, 3.8) is 0 Å². The van der Waals surface area contributed by atoms with E-state index in [4.69, 9.17) is 11.6 Å². The minimum atomic E-state index is 0.163. The summed E-state index contributed by atoms with van der Waals surface area (Å²) in [5, 5.41) is 9.49. The van der Waals surface area contributed by atoms with Gasteiger partial charge in [-0.05, 0) is 44.4 Å². The lowest BCUT2D eigenvalue weighted by Gasteiger charge is -2.19. The Morgan fingerprint density at radius 3 is 2.91 bits per heavy atom. The maximum Gasteiger partial charge on any atom is 0.233 e. The van der Waals surface area contributed by atoms with Crippen LogP contribution in [0.2, 0.25) is 5.02 Å². The lowest BCUT2D eigenvalue weighted by Crippen LogP contribution is -2.34. The van der Waals surface area contributed by atoms with Crippen molar-refractivity contribution in [2.75, 3.05) is 12.3 Å². The van der Waals surface area contributed by atoms with Gasteiger partial charge >= 0.3 is 0 Å². The molecule has 3 rings (SSSR count). The van der Waals surface area contributed by atoms with Crippen LogP contribution in [-0.4, -0.2) is 43.9 Å². The third-order valence-corrected chi connectivity index (χ3v) is 5.26. The van der Waals surface area contributed by atoms with Gasteiger partial charge in [-0.3, -0.25) is 9.36 Å². The number of carbonyl (C=O) groups is 1. The standard InChI is InChI=1S/C16H19ClN4OS/c1-3-20(12-6-7-12)15(22)9-23-16-19-18-10-21(16)13-5-4-11(2)14(17)8-13/h4-5,8,10,12H,3,6-7,9H2,1-2H3. The minimum Gasteiger partial charge on any atom is -0.339 e. The van der Waals surface area contributed by atoms with E-state index in [1.165, 1.54) is 11.8 Å². The smallest absolute Gasteiger partial charge is 0.233 e. The third-order valence-electron chi connectivity index (χ3n) is 3.92. The van der Waals surface area contributed by atoms with E-state index in [1.807, 2.05) is 41.5 Å². The molecule has 0 unspecified atom stereocenters. The molecule has 1 fully saturated rings. The summed E-state index contributed by atoms with van der Waals surface area (Å²) in [7, 11) is 0. The van der Waals surface area contributed by atoms with Crippen molar-refractivity contribution in [3.05, 3.63) is 35.1 Å². The molecule has 1 saturated carbocycles. The number of amides is 1. The molecule has 0 aliphatic heterocycles. The van der Waals surface area contributed by atoms with Crippen LogP contribution in [0.25, 0.3) is 5.69 Å². The molecule has 122 valence electrons. The summed E-state index contributed by atoms with van der Waals surface area (Å²) < 4.78 is 1.86. The number of rotatable bonds is 6. The zero-order valence-electron chi connectivity index (χ0n) is 13.2. The SMILES string of the molecule is CCN(C(=O)CSc1nncn1-c1ccc(C)c(Cl)c1)C1CC1. The van der Waals surface area contributed by atoms with Crippen LogP contribution >= 0.6 is 23.4 Å². The third kappa shape index (κ3) is 3.70. The molecule has 0 bridgehead atoms. The van der Waals surface area contributed by atoms with Gasteiger partial charge in [0.05, 0.1) is 11.4 Å². The molecule has 0 radical (unpaired) electrons. The summed E-state index contributed by atoms with van der Waals surface area (Å²) in [5.41, 5.74) is 1.92. The predicted octanol–water partition coefficient (Wildman–Crippen LogP) is 3.33. The number of nitrogens with zero attached hydrogens (tertiary/aromatic N) is 4. The van der Waals surface area contributed by atoms with Gasteiger partial charge in [-0.25, -0.2) is 0 Å². The Bertz CT molecular complexity index is 714. The molecule has 1 aromatic carbocycles. The minimum absolute atomic E-state index is 0.163. The zero-order valence-corrected chi connectivity index (χ0v) is 14.8. The number of halogens is 1. The summed E-state index contributed by atoms with van der Waals surface area (Å²) in [6.07, 6.45) is 3.90. The molecule has 0 N–H and O–H groups in total. The van der Waals surface area contributed by atoms with Gasteiger partial charge in [-0.1, -0.05) is 29.4 Å². The van der Waals surface area contributed by atoms with Crippen molar-refractivity contribution in [1.29, 1.82) is 0 Å². The lowest BCUT2D eigenvalue weighted by molar-refractivity contribution is -0.128. The summed E-state index contributed by atoms with van der Waals surface area (Å²) >= 11 is 7.60. The Balaban J connectivity index is 1.71. The van der Waals surface area contributed by atoms with Crippen molar-refractivity contribution in [1.82, 2.24) is 19.7 Å². The highest BCUT2D eigenvalue weighted by atomic mass is 35.5. The van der Waals surface area contributed by atoms with Crippen LogP contribution in [0.15, 0.2) is 29.7 Å². The van der Waals surface area contributed by atoms with Crippen molar-refractivity contribution < 1.29 is 4.79 Å². The van der Waals surface area contributed by atoms with Gasteiger partial charge < -0.3 is 4.90 Å². The zero-order chi connectivity index (χ0) is 16.4. The van der Waals surface area contributed by atoms with Crippen molar-refractivity contribution in [2.45, 2.75) is 37.9 Å². The Labute approximate surface area is 145 Å². The van der Waals surface area contributed by atoms with Gasteiger partial charge in [0.1, 0.15) is 6.33 Å². The fraction of sp³-hybridized carbons (Fsp3) is 0.438. The quantitative estimate of drug-likeness (QED) is 0.750. The molecular formula is C16H19ClN4OS. The highest BCUT2D eigenvalue weighted by Crippen LogP contribution is 2.28. The first kappa shape index (κ1) is 16.3. The number of aryl methyl sites for hydroxylation is 1. The molecule has 7 heteroatoms. The second-order valence-corrected chi connectivity index (χ2v) is 6.97. The number of hydrogen-bond donors (Lipinski definition) is 0. The molecule has 1 amide bonds. The van der Waals surface area contributed by atoms with Crippen LogP contribution in [0.4, 0.5) is 0 Å². The van der Waals surface area contributed by atoms with E-state index in [-0.39, 0.29) is 5.91 Å². The van der Waals surface area contributed by atoms with Crippen LogP contribution in [0, 0.1) is 6.92 Å². The monoisotopic (exact) mass is 350 g/mol. The molecule has 1 aromatic heterocycles. The van der Waals surface area contributed by atoms with E-state index < -0.39 is 0 Å². The van der Waals surface area contributed by atoms with Gasteiger partial charge in [0.15, 0.2) is 5.16 Å². The van der Waals surface area contributed by atoms with E-state index in [9.17, 15) is 4.79 Å². The first-order valence-corrected chi connectivity index (χ1v) is 9.05. The summed E-state index contributed by atoms with van der Waals surface area (Å²) in [6, 6.07) is 6.26. The van der Waals surface area contributed by atoms with E-state index in [2.05, 4.69) is 10.2 Å². The highest BCUT2D eigenvalue weighted by molar-refractivity contribution is 7.99. The second kappa shape index (κ2) is 6.93. The Morgan fingerprint density at radius 1 is 1.48 bits per heavy atom. The van der Waals surface area contributed by atoms with Gasteiger partial charge in [-0.15, -0.1) is 10.2 Å². The number of thioether (sulfide) groups is 1. The Morgan fingerprint density at radius 2 is 2.26 bits per heavy atom. The van der Waals surface area contributed by atoms with E-state index in [0.717, 1.165) is 30.6 Å². The van der Waals surface area contributed by atoms with Crippen molar-refractivity contribution in [3.8, 4) is 5.69 Å². The number of carbonyl (C=O) groups excluding carboxylic acids is 1. The van der Waals surface area contributed by atoms with E-state index in [1.54, 1.807) is 6.33 Å². The fourth-order valence-electron chi connectivity index (χ4n) is 2.47. The topological polar surface area (TPSA) is 51.0 Å². The van der Waals surface area contributed by atoms with Crippen molar-refractivity contribution >= 4 is 29.3 Å². The molecule has 1 aliphatic rings. The predicted molar refractivity (Wildman–Crippen MR) is 92.2 cm³/mol. The number of benzene rings is 1. The van der Waals surface area contributed by atoms with Crippen LogP contribution in [0.3, 0.4) is 0 Å². The molecule has 2 aromatic rings. The molecule has 5 nitrogen and oxygen atoms in total. The van der Waals surface area contributed by atoms with Crippen LogP contribution in [0.1, 0.15) is 25.3 Å². The molecule has 23 heavy (non-hydrogen) atoms. The number of aromatic nitrogens is 3. The maximum atomic E-state index is 12.3. The maximum absolute atomic E-state index is 12.3. The number of hydrogen-bond acceptors (Lipinski definition) is 4. The average Bonchev–Trinajstić information content (AvgIpc) is 3.25. The highest BCUT2D eigenvalue weighted by Gasteiger charge is 2.31. The second-order valence-electron chi connectivity index (χ2n) is 5.62. The molecule has 0 atom stereocenters. The lowest BCUT2D eigenvalue weighted by atomic mass is 10.2. The largest absolute Gasteiger partial charge is 0.339 e. The van der Waals surface area contributed by atoms with E-state index in [0.29, 0.717) is 22.0 Å². The molecule has 0 spiro atoms. The normalized spacial score (nSPS) is 14.0. The van der Waals surface area contributed by atoms with Gasteiger partial charge in [0.25, 0.3) is 0 Å². The molecular weight excluding hydrogens is 332 g/mol. The van der Waals surface area contributed by atoms with Crippen LogP contribution in [-0.2, 0) is 4.79 Å². The summed E-state index contributed by atoms with van der Waals surface area (Å²) in [5.74, 6) is 0.541. The molecule has 1 heterocycles. The summed E-state index contributed by atoms with van der Waals surface area (Å²) in [6.45, 7) is 4.76. The van der Waals surface area contributed by atoms with Crippen molar-refractivity contribution in [2.24, 2.45) is 0 Å². The Kier molecular flexibility index (Phi) is 4.92. The Hall–Kier alpha value is -1.53. The first-order valence-electron chi connectivity index (χ1n) is 7.69. The van der Waals surface area contributed by atoms with E-state index >= 15 is 0 Å². The first-order chi connectivity index (χ1) is 11.1. The summed E-state index contributed by atoms with van der Waals surface area (Å²) in [4.78, 5) is 14.3. The fourth-order valence-corrected chi connectivity index (χ4v) is 3.45. The molecule has 1 aliphatic carbocycles.